The third-order valence-electron chi connectivity index (χ3n) is 4.15. The average molecular weight is 260 g/mol. The number of aromatic nitrogens is 1. The molecular weight excluding hydrogens is 240 g/mol. The molecule has 2 saturated heterocycles. The van der Waals surface area contributed by atoms with Crippen molar-refractivity contribution in [2.24, 2.45) is 5.92 Å². The third-order valence-corrected chi connectivity index (χ3v) is 4.15. The van der Waals surface area contributed by atoms with Gasteiger partial charge in [0.1, 0.15) is 5.69 Å². The van der Waals surface area contributed by atoms with Crippen molar-refractivity contribution >= 4 is 11.6 Å². The van der Waals surface area contributed by atoms with Gasteiger partial charge in [-0.15, -0.1) is 0 Å². The molecule has 1 aromatic rings. The summed E-state index contributed by atoms with van der Waals surface area (Å²) in [6.45, 7) is 3.25. The molecule has 102 valence electrons. The summed E-state index contributed by atoms with van der Waals surface area (Å²) in [5, 5.41) is 3.45. The van der Waals surface area contributed by atoms with Crippen LogP contribution in [0.5, 0.6) is 0 Å². The highest BCUT2D eigenvalue weighted by Gasteiger charge is 2.37. The summed E-state index contributed by atoms with van der Waals surface area (Å²) in [5.41, 5.74) is 1.65. The highest BCUT2D eigenvalue weighted by molar-refractivity contribution is 5.92. The number of carbonyl (C=O) groups is 1. The van der Waals surface area contributed by atoms with Crippen molar-refractivity contribution < 1.29 is 4.79 Å². The third kappa shape index (κ3) is 2.18. The monoisotopic (exact) mass is 260 g/mol. The molecule has 2 aliphatic rings. The Morgan fingerprint density at radius 3 is 3.11 bits per heavy atom. The first-order valence-electron chi connectivity index (χ1n) is 6.82. The summed E-state index contributed by atoms with van der Waals surface area (Å²) in [5.74, 6) is 0.711. The SMILES string of the molecule is CN(C)C(=O)c1cc(N2CC[C@H]3CNC[C@H]32)ccn1. The number of amides is 1. The summed E-state index contributed by atoms with van der Waals surface area (Å²) in [7, 11) is 3.51. The van der Waals surface area contributed by atoms with E-state index in [1.165, 1.54) is 6.42 Å². The van der Waals surface area contributed by atoms with Gasteiger partial charge in [-0.2, -0.15) is 0 Å². The molecule has 1 amide bonds. The zero-order valence-corrected chi connectivity index (χ0v) is 11.5. The first kappa shape index (κ1) is 12.4. The normalized spacial score (nSPS) is 25.5. The van der Waals surface area contributed by atoms with Gasteiger partial charge in [0.05, 0.1) is 0 Å². The van der Waals surface area contributed by atoms with E-state index in [0.29, 0.717) is 11.7 Å². The van der Waals surface area contributed by atoms with Gasteiger partial charge in [0.2, 0.25) is 0 Å². The number of nitrogens with zero attached hydrogens (tertiary/aromatic N) is 3. The number of hydrogen-bond donors (Lipinski definition) is 1. The lowest BCUT2D eigenvalue weighted by molar-refractivity contribution is 0.0822. The molecule has 0 aromatic carbocycles. The lowest BCUT2D eigenvalue weighted by atomic mass is 10.1. The van der Waals surface area contributed by atoms with Gasteiger partial charge in [-0.05, 0) is 24.5 Å². The van der Waals surface area contributed by atoms with Gasteiger partial charge in [-0.25, -0.2) is 0 Å². The number of carbonyl (C=O) groups excluding carboxylic acids is 1. The van der Waals surface area contributed by atoms with E-state index in [4.69, 9.17) is 0 Å². The molecule has 2 fully saturated rings. The van der Waals surface area contributed by atoms with Crippen LogP contribution in [0.25, 0.3) is 0 Å². The molecule has 0 bridgehead atoms. The van der Waals surface area contributed by atoms with Gasteiger partial charge < -0.3 is 15.1 Å². The van der Waals surface area contributed by atoms with E-state index in [9.17, 15) is 4.79 Å². The maximum Gasteiger partial charge on any atom is 0.272 e. The second kappa shape index (κ2) is 4.81. The molecule has 0 unspecified atom stereocenters. The van der Waals surface area contributed by atoms with Crippen molar-refractivity contribution in [3.05, 3.63) is 24.0 Å². The number of pyridine rings is 1. The fourth-order valence-corrected chi connectivity index (χ4v) is 3.11. The summed E-state index contributed by atoms with van der Waals surface area (Å²) < 4.78 is 0. The minimum atomic E-state index is -0.0397. The van der Waals surface area contributed by atoms with Crippen LogP contribution in [0.3, 0.4) is 0 Å². The van der Waals surface area contributed by atoms with E-state index in [-0.39, 0.29) is 5.91 Å². The summed E-state index contributed by atoms with van der Waals surface area (Å²) in [6, 6.07) is 4.50. The molecule has 3 heterocycles. The molecule has 5 nitrogen and oxygen atoms in total. The Hall–Kier alpha value is -1.62. The Morgan fingerprint density at radius 1 is 1.47 bits per heavy atom. The van der Waals surface area contributed by atoms with Crippen molar-refractivity contribution in [1.29, 1.82) is 0 Å². The van der Waals surface area contributed by atoms with Gasteiger partial charge in [0.15, 0.2) is 0 Å². The van der Waals surface area contributed by atoms with E-state index < -0.39 is 0 Å². The van der Waals surface area contributed by atoms with Crippen LogP contribution in [0.1, 0.15) is 16.9 Å². The molecule has 0 saturated carbocycles. The number of hydrogen-bond acceptors (Lipinski definition) is 4. The van der Waals surface area contributed by atoms with E-state index in [2.05, 4.69) is 15.2 Å². The molecule has 2 aliphatic heterocycles. The quantitative estimate of drug-likeness (QED) is 0.845. The molecule has 5 heteroatoms. The van der Waals surface area contributed by atoms with Gasteiger partial charge in [0, 0.05) is 51.7 Å². The lowest BCUT2D eigenvalue weighted by Gasteiger charge is -2.26. The maximum absolute atomic E-state index is 12.0. The number of nitrogens with one attached hydrogen (secondary N) is 1. The Labute approximate surface area is 113 Å². The summed E-state index contributed by atoms with van der Waals surface area (Å²) in [6.07, 6.45) is 2.97. The van der Waals surface area contributed by atoms with E-state index in [1.807, 2.05) is 12.1 Å². The zero-order valence-electron chi connectivity index (χ0n) is 11.5. The summed E-state index contributed by atoms with van der Waals surface area (Å²) >= 11 is 0. The minimum Gasteiger partial charge on any atom is -0.367 e. The van der Waals surface area contributed by atoms with Crippen LogP contribution >= 0.6 is 0 Å². The molecule has 1 aromatic heterocycles. The molecule has 1 N–H and O–H groups in total. The smallest absolute Gasteiger partial charge is 0.272 e. The number of anilines is 1. The molecular formula is C14H20N4O. The minimum absolute atomic E-state index is 0.0397. The first-order chi connectivity index (χ1) is 9.16. The van der Waals surface area contributed by atoms with Crippen molar-refractivity contribution in [1.82, 2.24) is 15.2 Å². The molecule has 0 radical (unpaired) electrons. The predicted octanol–water partition coefficient (Wildman–Crippen LogP) is 0.581. The van der Waals surface area contributed by atoms with Crippen LogP contribution in [0.4, 0.5) is 5.69 Å². The highest BCUT2D eigenvalue weighted by Crippen LogP contribution is 2.31. The second-order valence-corrected chi connectivity index (χ2v) is 5.57. The lowest BCUT2D eigenvalue weighted by Crippen LogP contribution is -2.34. The predicted molar refractivity (Wildman–Crippen MR) is 74.4 cm³/mol. The topological polar surface area (TPSA) is 48.5 Å². The molecule has 19 heavy (non-hydrogen) atoms. The van der Waals surface area contributed by atoms with Gasteiger partial charge in [-0.3, -0.25) is 9.78 Å². The van der Waals surface area contributed by atoms with Crippen LogP contribution in [0.2, 0.25) is 0 Å². The molecule has 0 aliphatic carbocycles. The average Bonchev–Trinajstić information content (AvgIpc) is 3.00. The van der Waals surface area contributed by atoms with E-state index in [0.717, 1.165) is 31.2 Å². The van der Waals surface area contributed by atoms with Crippen LogP contribution in [0, 0.1) is 5.92 Å². The molecule has 0 spiro atoms. The Bertz CT molecular complexity index is 488. The second-order valence-electron chi connectivity index (χ2n) is 5.57. The van der Waals surface area contributed by atoms with Gasteiger partial charge in [-0.1, -0.05) is 0 Å². The first-order valence-corrected chi connectivity index (χ1v) is 6.82. The maximum atomic E-state index is 12.0. The standard InChI is InChI=1S/C14H20N4O/c1-17(2)14(19)12-7-11(3-5-16-12)18-6-4-10-8-15-9-13(10)18/h3,5,7,10,13,15H,4,6,8-9H2,1-2H3/t10-,13+/m0/s1. The molecule has 2 atom stereocenters. The van der Waals surface area contributed by atoms with E-state index in [1.54, 1.807) is 25.2 Å². The number of fused-ring (bicyclic) bond motifs is 1. The van der Waals surface area contributed by atoms with Crippen LogP contribution in [0.15, 0.2) is 18.3 Å². The largest absolute Gasteiger partial charge is 0.367 e. The highest BCUT2D eigenvalue weighted by atomic mass is 16.2. The summed E-state index contributed by atoms with van der Waals surface area (Å²) in [4.78, 5) is 20.1. The fourth-order valence-electron chi connectivity index (χ4n) is 3.11. The fraction of sp³-hybridized carbons (Fsp3) is 0.571. The Morgan fingerprint density at radius 2 is 2.32 bits per heavy atom. The Kier molecular flexibility index (Phi) is 3.14. The van der Waals surface area contributed by atoms with Crippen molar-refractivity contribution in [3.8, 4) is 0 Å². The number of rotatable bonds is 2. The van der Waals surface area contributed by atoms with E-state index >= 15 is 0 Å². The molecule has 3 rings (SSSR count). The van der Waals surface area contributed by atoms with Gasteiger partial charge in [0.25, 0.3) is 5.91 Å². The zero-order chi connectivity index (χ0) is 13.4. The van der Waals surface area contributed by atoms with Crippen LogP contribution in [-0.4, -0.2) is 55.6 Å². The van der Waals surface area contributed by atoms with Crippen LogP contribution in [-0.2, 0) is 0 Å². The van der Waals surface area contributed by atoms with Crippen molar-refractivity contribution in [3.63, 3.8) is 0 Å². The van der Waals surface area contributed by atoms with Crippen LogP contribution < -0.4 is 10.2 Å². The van der Waals surface area contributed by atoms with Crippen molar-refractivity contribution in [2.45, 2.75) is 12.5 Å². The van der Waals surface area contributed by atoms with Crippen molar-refractivity contribution in [2.75, 3.05) is 38.6 Å². The Balaban J connectivity index is 1.85. The van der Waals surface area contributed by atoms with Gasteiger partial charge >= 0.3 is 0 Å².